The van der Waals surface area contributed by atoms with Gasteiger partial charge in [0.15, 0.2) is 0 Å². The normalized spacial score (nSPS) is 9.67. The van der Waals surface area contributed by atoms with Crippen LogP contribution in [0.3, 0.4) is 0 Å². The van der Waals surface area contributed by atoms with Crippen molar-refractivity contribution < 1.29 is 14.3 Å². The molecule has 1 aromatic rings. The number of carbonyl (C=O) groups excluding carboxylic acids is 2. The third-order valence-electron chi connectivity index (χ3n) is 1.82. The summed E-state index contributed by atoms with van der Waals surface area (Å²) >= 11 is 1.56. The summed E-state index contributed by atoms with van der Waals surface area (Å²) < 4.78 is 4.45. The van der Waals surface area contributed by atoms with Gasteiger partial charge in [0.2, 0.25) is 5.91 Å². The maximum Gasteiger partial charge on any atom is 0.307 e. The van der Waals surface area contributed by atoms with E-state index in [2.05, 4.69) is 10.1 Å². The van der Waals surface area contributed by atoms with Crippen LogP contribution in [-0.2, 0) is 20.7 Å². The van der Waals surface area contributed by atoms with Crippen molar-refractivity contribution in [3.8, 4) is 0 Å². The van der Waals surface area contributed by atoms with Gasteiger partial charge in [0.05, 0.1) is 20.0 Å². The van der Waals surface area contributed by atoms with E-state index in [1.54, 1.807) is 11.3 Å². The predicted octanol–water partition coefficient (Wildman–Crippen LogP) is 0.970. The maximum absolute atomic E-state index is 11.3. The van der Waals surface area contributed by atoms with Gasteiger partial charge in [-0.3, -0.25) is 9.59 Å². The Bertz CT molecular complexity index is 321. The van der Waals surface area contributed by atoms with Crippen LogP contribution in [0, 0.1) is 0 Å². The highest BCUT2D eigenvalue weighted by Crippen LogP contribution is 2.06. The van der Waals surface area contributed by atoms with Crippen molar-refractivity contribution in [3.63, 3.8) is 0 Å². The molecule has 82 valence electrons. The number of carbonyl (C=O) groups is 2. The molecular formula is C10H13NO3S. The molecule has 0 saturated heterocycles. The lowest BCUT2D eigenvalue weighted by molar-refractivity contribution is -0.140. The summed E-state index contributed by atoms with van der Waals surface area (Å²) in [5.41, 5.74) is 0.996. The lowest BCUT2D eigenvalue weighted by Crippen LogP contribution is -2.27. The molecular weight excluding hydrogens is 214 g/mol. The number of ether oxygens (including phenoxy) is 1. The van der Waals surface area contributed by atoms with Crippen LogP contribution in [0.2, 0.25) is 0 Å². The molecule has 0 bridgehead atoms. The van der Waals surface area contributed by atoms with E-state index in [0.29, 0.717) is 13.0 Å². The highest BCUT2D eigenvalue weighted by atomic mass is 32.1. The average molecular weight is 227 g/mol. The van der Waals surface area contributed by atoms with Crippen LogP contribution < -0.4 is 5.32 Å². The van der Waals surface area contributed by atoms with Crippen LogP contribution in [0.5, 0.6) is 0 Å². The standard InChI is InChI=1S/C10H13NO3S/c1-14-10(13)2-4-11-9(12)6-8-3-5-15-7-8/h3,5,7H,2,4,6H2,1H3,(H,11,12). The molecule has 1 N–H and O–H groups in total. The van der Waals surface area contributed by atoms with Gasteiger partial charge in [0, 0.05) is 6.54 Å². The largest absolute Gasteiger partial charge is 0.469 e. The van der Waals surface area contributed by atoms with Crippen LogP contribution >= 0.6 is 11.3 Å². The fourth-order valence-electron chi connectivity index (χ4n) is 1.05. The maximum atomic E-state index is 11.3. The average Bonchev–Trinajstić information content (AvgIpc) is 2.70. The molecule has 1 rings (SSSR count). The number of methoxy groups -OCH3 is 1. The van der Waals surface area contributed by atoms with E-state index in [9.17, 15) is 9.59 Å². The van der Waals surface area contributed by atoms with Crippen molar-refractivity contribution in [2.45, 2.75) is 12.8 Å². The lowest BCUT2D eigenvalue weighted by Gasteiger charge is -2.02. The Balaban J connectivity index is 2.17. The van der Waals surface area contributed by atoms with Gasteiger partial charge in [-0.05, 0) is 22.4 Å². The number of amides is 1. The fourth-order valence-corrected chi connectivity index (χ4v) is 1.72. The van der Waals surface area contributed by atoms with Gasteiger partial charge in [-0.25, -0.2) is 0 Å². The Morgan fingerprint density at radius 3 is 2.93 bits per heavy atom. The second-order valence-corrected chi connectivity index (χ2v) is 3.76. The first kappa shape index (κ1) is 11.7. The molecule has 4 nitrogen and oxygen atoms in total. The minimum Gasteiger partial charge on any atom is -0.469 e. The fraction of sp³-hybridized carbons (Fsp3) is 0.400. The third kappa shape index (κ3) is 4.60. The van der Waals surface area contributed by atoms with Gasteiger partial charge in [-0.1, -0.05) is 0 Å². The Kier molecular flexibility index (Phi) is 4.83. The van der Waals surface area contributed by atoms with Crippen molar-refractivity contribution in [1.29, 1.82) is 0 Å². The molecule has 0 unspecified atom stereocenters. The molecule has 5 heteroatoms. The SMILES string of the molecule is COC(=O)CCNC(=O)Cc1ccsc1. The molecule has 0 fully saturated rings. The van der Waals surface area contributed by atoms with Crippen molar-refractivity contribution in [1.82, 2.24) is 5.32 Å². The summed E-state index contributed by atoms with van der Waals surface area (Å²) in [6.07, 6.45) is 0.580. The quantitative estimate of drug-likeness (QED) is 0.763. The zero-order valence-corrected chi connectivity index (χ0v) is 9.30. The monoisotopic (exact) mass is 227 g/mol. The number of rotatable bonds is 5. The van der Waals surface area contributed by atoms with Gasteiger partial charge >= 0.3 is 5.97 Å². The lowest BCUT2D eigenvalue weighted by atomic mass is 10.2. The van der Waals surface area contributed by atoms with E-state index in [-0.39, 0.29) is 18.3 Å². The predicted molar refractivity (Wildman–Crippen MR) is 57.7 cm³/mol. The van der Waals surface area contributed by atoms with E-state index < -0.39 is 0 Å². The van der Waals surface area contributed by atoms with E-state index in [0.717, 1.165) is 5.56 Å². The molecule has 15 heavy (non-hydrogen) atoms. The topological polar surface area (TPSA) is 55.4 Å². The first-order valence-electron chi connectivity index (χ1n) is 4.57. The van der Waals surface area contributed by atoms with Crippen LogP contribution in [0.15, 0.2) is 16.8 Å². The molecule has 0 aromatic carbocycles. The summed E-state index contributed by atoms with van der Waals surface area (Å²) in [5.74, 6) is -0.386. The highest BCUT2D eigenvalue weighted by molar-refractivity contribution is 7.07. The Hall–Kier alpha value is -1.36. The number of hydrogen-bond acceptors (Lipinski definition) is 4. The smallest absolute Gasteiger partial charge is 0.307 e. The van der Waals surface area contributed by atoms with E-state index >= 15 is 0 Å². The zero-order valence-electron chi connectivity index (χ0n) is 8.49. The summed E-state index contributed by atoms with van der Waals surface area (Å²) in [6.45, 7) is 0.329. The Morgan fingerprint density at radius 1 is 1.53 bits per heavy atom. The van der Waals surface area contributed by atoms with Gasteiger partial charge in [0.1, 0.15) is 0 Å². The molecule has 1 heterocycles. The highest BCUT2D eigenvalue weighted by Gasteiger charge is 2.04. The van der Waals surface area contributed by atoms with E-state index in [1.165, 1.54) is 7.11 Å². The minimum atomic E-state index is -0.314. The van der Waals surface area contributed by atoms with Crippen molar-refractivity contribution >= 4 is 23.2 Å². The second kappa shape index (κ2) is 6.19. The van der Waals surface area contributed by atoms with Crippen molar-refractivity contribution in [3.05, 3.63) is 22.4 Å². The number of esters is 1. The number of nitrogens with one attached hydrogen (secondary N) is 1. The summed E-state index contributed by atoms with van der Waals surface area (Å²) in [4.78, 5) is 22.1. The molecule has 0 radical (unpaired) electrons. The van der Waals surface area contributed by atoms with Crippen LogP contribution in [0.25, 0.3) is 0 Å². The number of thiophene rings is 1. The van der Waals surface area contributed by atoms with Crippen LogP contribution in [-0.4, -0.2) is 25.5 Å². The number of hydrogen-bond donors (Lipinski definition) is 1. The molecule has 0 spiro atoms. The summed E-state index contributed by atoms with van der Waals surface area (Å²) in [7, 11) is 1.33. The molecule has 1 aromatic heterocycles. The Morgan fingerprint density at radius 2 is 2.33 bits per heavy atom. The molecule has 1 amide bonds. The first-order chi connectivity index (χ1) is 7.22. The van der Waals surface area contributed by atoms with Gasteiger partial charge in [-0.15, -0.1) is 0 Å². The molecule has 0 aliphatic rings. The minimum absolute atomic E-state index is 0.0719. The van der Waals surface area contributed by atoms with E-state index in [4.69, 9.17) is 0 Å². The zero-order chi connectivity index (χ0) is 11.1. The third-order valence-corrected chi connectivity index (χ3v) is 2.56. The van der Waals surface area contributed by atoms with Crippen LogP contribution in [0.4, 0.5) is 0 Å². The van der Waals surface area contributed by atoms with E-state index in [1.807, 2.05) is 16.8 Å². The molecule has 0 aliphatic carbocycles. The van der Waals surface area contributed by atoms with Gasteiger partial charge in [-0.2, -0.15) is 11.3 Å². The first-order valence-corrected chi connectivity index (χ1v) is 5.51. The van der Waals surface area contributed by atoms with Crippen molar-refractivity contribution in [2.24, 2.45) is 0 Å². The van der Waals surface area contributed by atoms with Gasteiger partial charge < -0.3 is 10.1 Å². The molecule has 0 saturated carbocycles. The second-order valence-electron chi connectivity index (χ2n) is 2.98. The summed E-state index contributed by atoms with van der Waals surface area (Å²) in [5, 5.41) is 6.51. The molecule has 0 atom stereocenters. The van der Waals surface area contributed by atoms with Crippen LogP contribution in [0.1, 0.15) is 12.0 Å². The van der Waals surface area contributed by atoms with Gasteiger partial charge in [0.25, 0.3) is 0 Å². The molecule has 0 aliphatic heterocycles. The Labute approximate surface area is 92.2 Å². The summed E-state index contributed by atoms with van der Waals surface area (Å²) in [6, 6.07) is 1.91. The van der Waals surface area contributed by atoms with Crippen molar-refractivity contribution in [2.75, 3.05) is 13.7 Å².